The fourth-order valence-corrected chi connectivity index (χ4v) is 1.77. The summed E-state index contributed by atoms with van der Waals surface area (Å²) < 4.78 is 10.4. The summed E-state index contributed by atoms with van der Waals surface area (Å²) in [6.07, 6.45) is -0.528. The fraction of sp³-hybridized carbons (Fsp3) is 0.600. The highest BCUT2D eigenvalue weighted by Gasteiger charge is 2.08. The van der Waals surface area contributed by atoms with Gasteiger partial charge in [-0.15, -0.1) is 0 Å². The molecule has 0 saturated carbocycles. The molecule has 0 heterocycles. The molecular formula is C15H25NO3. The van der Waals surface area contributed by atoms with Crippen LogP contribution in [0.25, 0.3) is 0 Å². The molecule has 0 aliphatic rings. The maximum atomic E-state index is 9.86. The van der Waals surface area contributed by atoms with Crippen LogP contribution < -0.4 is 5.32 Å². The van der Waals surface area contributed by atoms with E-state index in [2.05, 4.69) is 30.4 Å². The van der Waals surface area contributed by atoms with Crippen molar-refractivity contribution in [3.8, 4) is 0 Å². The van der Waals surface area contributed by atoms with E-state index in [1.807, 2.05) is 13.8 Å². The molecule has 2 atom stereocenters. The predicted molar refractivity (Wildman–Crippen MR) is 77.7 cm³/mol. The van der Waals surface area contributed by atoms with E-state index >= 15 is 0 Å². The molecule has 108 valence electrons. The third kappa shape index (κ3) is 6.05. The second kappa shape index (κ2) is 8.15. The molecule has 0 bridgehead atoms. The van der Waals surface area contributed by atoms with Crippen molar-refractivity contribution in [3.63, 3.8) is 0 Å². The van der Waals surface area contributed by atoms with E-state index in [-0.39, 0.29) is 6.10 Å². The minimum absolute atomic E-state index is 0.000329. The smallest absolute Gasteiger partial charge is 0.0945 e. The Labute approximate surface area is 115 Å². The van der Waals surface area contributed by atoms with Gasteiger partial charge in [0.2, 0.25) is 0 Å². The van der Waals surface area contributed by atoms with Crippen molar-refractivity contribution in [3.05, 3.63) is 29.3 Å². The largest absolute Gasteiger partial charge is 0.389 e. The minimum Gasteiger partial charge on any atom is -0.389 e. The summed E-state index contributed by atoms with van der Waals surface area (Å²) in [5, 5.41) is 13.1. The lowest BCUT2D eigenvalue weighted by Gasteiger charge is -2.17. The van der Waals surface area contributed by atoms with Crippen molar-refractivity contribution in [2.75, 3.05) is 32.2 Å². The molecule has 0 fully saturated rings. The zero-order chi connectivity index (χ0) is 14.3. The molecule has 1 rings (SSSR count). The van der Waals surface area contributed by atoms with Gasteiger partial charge in [0.05, 0.1) is 25.4 Å². The van der Waals surface area contributed by atoms with Gasteiger partial charge in [-0.1, -0.05) is 12.1 Å². The quantitative estimate of drug-likeness (QED) is 0.757. The topological polar surface area (TPSA) is 50.7 Å². The van der Waals surface area contributed by atoms with Crippen molar-refractivity contribution < 1.29 is 14.6 Å². The highest BCUT2D eigenvalue weighted by Crippen LogP contribution is 2.16. The molecule has 1 aromatic carbocycles. The predicted octanol–water partition coefficient (Wildman–Crippen LogP) is 2.13. The lowest BCUT2D eigenvalue weighted by molar-refractivity contribution is -0.0282. The maximum absolute atomic E-state index is 9.86. The monoisotopic (exact) mass is 267 g/mol. The van der Waals surface area contributed by atoms with Crippen LogP contribution in [0, 0.1) is 13.8 Å². The highest BCUT2D eigenvalue weighted by atomic mass is 16.5. The summed E-state index contributed by atoms with van der Waals surface area (Å²) in [5.41, 5.74) is 3.43. The van der Waals surface area contributed by atoms with E-state index in [1.165, 1.54) is 11.1 Å². The number of ether oxygens (including phenoxy) is 2. The number of methoxy groups -OCH3 is 1. The van der Waals surface area contributed by atoms with Crippen molar-refractivity contribution >= 4 is 5.69 Å². The Morgan fingerprint density at radius 1 is 1.26 bits per heavy atom. The Balaban J connectivity index is 2.33. The molecule has 1 aromatic rings. The Kier molecular flexibility index (Phi) is 6.84. The van der Waals surface area contributed by atoms with Gasteiger partial charge in [-0.25, -0.2) is 0 Å². The third-order valence-corrected chi connectivity index (χ3v) is 2.90. The van der Waals surface area contributed by atoms with E-state index in [0.29, 0.717) is 19.8 Å². The standard InChI is InChI=1S/C15H25NO3/c1-11-5-6-12(2)15(7-11)16-8-14(17)10-19-13(3)9-18-4/h5-7,13-14,16-17H,8-10H2,1-4H3. The van der Waals surface area contributed by atoms with Gasteiger partial charge in [-0.3, -0.25) is 0 Å². The lowest BCUT2D eigenvalue weighted by Crippen LogP contribution is -2.28. The summed E-state index contributed by atoms with van der Waals surface area (Å²) in [7, 11) is 1.64. The van der Waals surface area contributed by atoms with Gasteiger partial charge in [-0.2, -0.15) is 0 Å². The SMILES string of the molecule is COCC(C)OCC(O)CNc1cc(C)ccc1C. The highest BCUT2D eigenvalue weighted by molar-refractivity contribution is 5.52. The molecule has 0 aromatic heterocycles. The first-order valence-corrected chi connectivity index (χ1v) is 6.62. The number of anilines is 1. The molecule has 2 N–H and O–H groups in total. The van der Waals surface area contributed by atoms with Crippen LogP contribution in [0.2, 0.25) is 0 Å². The Bertz CT molecular complexity index is 382. The number of nitrogens with one attached hydrogen (secondary N) is 1. The van der Waals surface area contributed by atoms with Crippen LogP contribution in [0.1, 0.15) is 18.1 Å². The number of rotatable bonds is 8. The molecule has 0 aliphatic heterocycles. The lowest BCUT2D eigenvalue weighted by atomic mass is 10.1. The van der Waals surface area contributed by atoms with Gasteiger partial charge in [0.15, 0.2) is 0 Å². The Hall–Kier alpha value is -1.10. The summed E-state index contributed by atoms with van der Waals surface area (Å²) in [5.74, 6) is 0. The van der Waals surface area contributed by atoms with Crippen LogP contribution in [-0.2, 0) is 9.47 Å². The summed E-state index contributed by atoms with van der Waals surface area (Å²) in [4.78, 5) is 0. The van der Waals surface area contributed by atoms with Crippen molar-refractivity contribution in [2.45, 2.75) is 33.0 Å². The first kappa shape index (κ1) is 16.0. The van der Waals surface area contributed by atoms with Crippen molar-refractivity contribution in [1.82, 2.24) is 0 Å². The average molecular weight is 267 g/mol. The summed E-state index contributed by atoms with van der Waals surface area (Å²) in [6.45, 7) is 7.35. The van der Waals surface area contributed by atoms with Crippen LogP contribution in [0.4, 0.5) is 5.69 Å². The van der Waals surface area contributed by atoms with Gasteiger partial charge >= 0.3 is 0 Å². The van der Waals surface area contributed by atoms with Gasteiger partial charge < -0.3 is 19.9 Å². The van der Waals surface area contributed by atoms with E-state index in [0.717, 1.165) is 5.69 Å². The molecule has 0 amide bonds. The number of aliphatic hydroxyl groups is 1. The van der Waals surface area contributed by atoms with Crippen LogP contribution in [-0.4, -0.2) is 44.2 Å². The zero-order valence-corrected chi connectivity index (χ0v) is 12.3. The molecule has 4 heteroatoms. The van der Waals surface area contributed by atoms with Crippen LogP contribution in [0.15, 0.2) is 18.2 Å². The molecule has 0 saturated heterocycles. The number of aliphatic hydroxyl groups excluding tert-OH is 1. The molecule has 4 nitrogen and oxygen atoms in total. The second-order valence-corrected chi connectivity index (χ2v) is 4.95. The number of aryl methyl sites for hydroxylation is 2. The molecule has 0 radical (unpaired) electrons. The van der Waals surface area contributed by atoms with Gasteiger partial charge in [0, 0.05) is 19.3 Å². The average Bonchev–Trinajstić information content (AvgIpc) is 2.38. The zero-order valence-electron chi connectivity index (χ0n) is 12.3. The molecule has 0 aliphatic carbocycles. The molecule has 19 heavy (non-hydrogen) atoms. The number of hydrogen-bond acceptors (Lipinski definition) is 4. The van der Waals surface area contributed by atoms with Crippen LogP contribution >= 0.6 is 0 Å². The fourth-order valence-electron chi connectivity index (χ4n) is 1.77. The van der Waals surface area contributed by atoms with Crippen LogP contribution in [0.3, 0.4) is 0 Å². The molecule has 2 unspecified atom stereocenters. The summed E-state index contributed by atoms with van der Waals surface area (Å²) >= 11 is 0. The molecule has 0 spiro atoms. The maximum Gasteiger partial charge on any atom is 0.0945 e. The Morgan fingerprint density at radius 3 is 2.68 bits per heavy atom. The molecular weight excluding hydrogens is 242 g/mol. The van der Waals surface area contributed by atoms with E-state index in [1.54, 1.807) is 7.11 Å². The first-order chi connectivity index (χ1) is 9.02. The number of benzene rings is 1. The van der Waals surface area contributed by atoms with E-state index in [4.69, 9.17) is 9.47 Å². The van der Waals surface area contributed by atoms with E-state index in [9.17, 15) is 5.11 Å². The van der Waals surface area contributed by atoms with Gasteiger partial charge in [0.25, 0.3) is 0 Å². The number of hydrogen-bond donors (Lipinski definition) is 2. The third-order valence-electron chi connectivity index (χ3n) is 2.90. The Morgan fingerprint density at radius 2 is 2.00 bits per heavy atom. The van der Waals surface area contributed by atoms with Crippen LogP contribution in [0.5, 0.6) is 0 Å². The van der Waals surface area contributed by atoms with Gasteiger partial charge in [0.1, 0.15) is 0 Å². The normalized spacial score (nSPS) is 14.2. The van der Waals surface area contributed by atoms with Gasteiger partial charge in [-0.05, 0) is 38.0 Å². The minimum atomic E-state index is -0.529. The second-order valence-electron chi connectivity index (χ2n) is 4.95. The van der Waals surface area contributed by atoms with E-state index < -0.39 is 6.10 Å². The summed E-state index contributed by atoms with van der Waals surface area (Å²) in [6, 6.07) is 6.23. The van der Waals surface area contributed by atoms with Crippen molar-refractivity contribution in [2.24, 2.45) is 0 Å². The van der Waals surface area contributed by atoms with Crippen molar-refractivity contribution in [1.29, 1.82) is 0 Å². The first-order valence-electron chi connectivity index (χ1n) is 6.62.